The van der Waals surface area contributed by atoms with Crippen molar-refractivity contribution in [1.29, 1.82) is 0 Å². The number of rotatable bonds is 4. The highest BCUT2D eigenvalue weighted by Crippen LogP contribution is 2.29. The van der Waals surface area contributed by atoms with E-state index < -0.39 is 83.2 Å². The Labute approximate surface area is 235 Å². The number of fused-ring (bicyclic) bond motifs is 1. The maximum atomic E-state index is 13.5. The third kappa shape index (κ3) is 7.18. The van der Waals surface area contributed by atoms with E-state index in [4.69, 9.17) is 23.2 Å². The number of benzene rings is 1. The molecule has 12 nitrogen and oxygen atoms in total. The zero-order valence-corrected chi connectivity index (χ0v) is 23.0. The first-order valence-electron chi connectivity index (χ1n) is 12.6. The van der Waals surface area contributed by atoms with Crippen molar-refractivity contribution >= 4 is 52.7 Å². The number of carbonyl (C=O) groups is 5. The molecular formula is C25H33Cl2N5O7. The number of amides is 5. The van der Waals surface area contributed by atoms with Gasteiger partial charge in [0.25, 0.3) is 0 Å². The fourth-order valence-corrected chi connectivity index (χ4v) is 5.19. The van der Waals surface area contributed by atoms with Crippen molar-refractivity contribution in [2.45, 2.75) is 73.8 Å². The third-order valence-corrected chi connectivity index (χ3v) is 7.81. The molecule has 1 aromatic rings. The van der Waals surface area contributed by atoms with Crippen molar-refractivity contribution in [3.8, 4) is 0 Å². The van der Waals surface area contributed by atoms with Crippen LogP contribution in [0.3, 0.4) is 0 Å². The van der Waals surface area contributed by atoms with E-state index in [1.807, 2.05) is 0 Å². The van der Waals surface area contributed by atoms with E-state index in [1.54, 1.807) is 37.3 Å². The lowest BCUT2D eigenvalue weighted by molar-refractivity contribution is -0.143. The number of alkyl halides is 2. The van der Waals surface area contributed by atoms with Crippen molar-refractivity contribution in [2.75, 3.05) is 13.2 Å². The molecule has 0 aromatic heterocycles. The van der Waals surface area contributed by atoms with Crippen molar-refractivity contribution < 1.29 is 34.2 Å². The van der Waals surface area contributed by atoms with Crippen LogP contribution in [0.4, 0.5) is 0 Å². The molecule has 2 aliphatic heterocycles. The Hall–Kier alpha value is -2.93. The molecule has 6 N–H and O–H groups in total. The maximum absolute atomic E-state index is 13.5. The molecule has 0 bridgehead atoms. The normalized spacial score (nSPS) is 32.0. The van der Waals surface area contributed by atoms with E-state index in [-0.39, 0.29) is 19.4 Å². The number of hydrogen-bond acceptors (Lipinski definition) is 7. The molecule has 0 aliphatic carbocycles. The lowest BCUT2D eigenvalue weighted by Crippen LogP contribution is -2.62. The van der Waals surface area contributed by atoms with Gasteiger partial charge in [-0.05, 0) is 18.9 Å². The van der Waals surface area contributed by atoms with Crippen LogP contribution in [0.15, 0.2) is 30.3 Å². The topological polar surface area (TPSA) is 177 Å². The van der Waals surface area contributed by atoms with Gasteiger partial charge in [-0.25, -0.2) is 0 Å². The predicted octanol–water partition coefficient (Wildman–Crippen LogP) is -1.09. The van der Waals surface area contributed by atoms with Gasteiger partial charge in [-0.2, -0.15) is 0 Å². The van der Waals surface area contributed by atoms with Crippen LogP contribution in [0.25, 0.3) is 0 Å². The summed E-state index contributed by atoms with van der Waals surface area (Å²) in [4.78, 5) is 67.1. The summed E-state index contributed by atoms with van der Waals surface area (Å²) in [6, 6.07) is 2.39. The number of aliphatic hydroxyl groups is 2. The van der Waals surface area contributed by atoms with Gasteiger partial charge in [-0.15, -0.1) is 23.2 Å². The van der Waals surface area contributed by atoms with Gasteiger partial charge in [-0.3, -0.25) is 24.0 Å². The Morgan fingerprint density at radius 2 is 1.62 bits per heavy atom. The minimum absolute atomic E-state index is 0.0835. The zero-order valence-electron chi connectivity index (χ0n) is 21.5. The van der Waals surface area contributed by atoms with Crippen LogP contribution in [-0.2, 0) is 24.0 Å². The average Bonchev–Trinajstić information content (AvgIpc) is 3.21. The van der Waals surface area contributed by atoms with Gasteiger partial charge in [0.2, 0.25) is 29.5 Å². The molecule has 2 saturated heterocycles. The molecule has 8 atom stereocenters. The summed E-state index contributed by atoms with van der Waals surface area (Å²) in [5.41, 5.74) is 0.577. The molecule has 8 unspecified atom stereocenters. The van der Waals surface area contributed by atoms with E-state index in [0.717, 1.165) is 4.90 Å². The van der Waals surface area contributed by atoms with Crippen LogP contribution < -0.4 is 21.3 Å². The first-order valence-corrected chi connectivity index (χ1v) is 13.5. The number of aliphatic hydroxyl groups excluding tert-OH is 2. The first kappa shape index (κ1) is 30.6. The first-order chi connectivity index (χ1) is 18.5. The molecule has 2 fully saturated rings. The Kier molecular flexibility index (Phi) is 10.5. The van der Waals surface area contributed by atoms with E-state index in [1.165, 1.54) is 6.92 Å². The number of nitrogens with zero attached hydrogens (tertiary/aromatic N) is 1. The molecule has 214 valence electrons. The summed E-state index contributed by atoms with van der Waals surface area (Å²) < 4.78 is 0. The fourth-order valence-electron chi connectivity index (χ4n) is 4.57. The predicted molar refractivity (Wildman–Crippen MR) is 142 cm³/mol. The van der Waals surface area contributed by atoms with Crippen LogP contribution in [0, 0.1) is 0 Å². The van der Waals surface area contributed by atoms with Crippen LogP contribution in [0.5, 0.6) is 0 Å². The van der Waals surface area contributed by atoms with Crippen LogP contribution in [-0.4, -0.2) is 98.8 Å². The summed E-state index contributed by atoms with van der Waals surface area (Å²) >= 11 is 12.7. The van der Waals surface area contributed by atoms with Gasteiger partial charge < -0.3 is 36.4 Å². The quantitative estimate of drug-likeness (QED) is 0.243. The smallest absolute Gasteiger partial charge is 0.245 e. The van der Waals surface area contributed by atoms with Gasteiger partial charge in [-0.1, -0.05) is 37.3 Å². The average molecular weight is 586 g/mol. The van der Waals surface area contributed by atoms with E-state index in [9.17, 15) is 34.2 Å². The summed E-state index contributed by atoms with van der Waals surface area (Å²) in [5, 5.41) is 28.3. The number of carbonyl (C=O) groups excluding carboxylic acids is 5. The van der Waals surface area contributed by atoms with Gasteiger partial charge in [0.1, 0.15) is 24.2 Å². The summed E-state index contributed by atoms with van der Waals surface area (Å²) in [6.07, 6.45) is -1.49. The van der Waals surface area contributed by atoms with Crippen molar-refractivity contribution in [1.82, 2.24) is 26.2 Å². The molecule has 2 aliphatic rings. The van der Waals surface area contributed by atoms with Crippen molar-refractivity contribution in [3.05, 3.63) is 35.9 Å². The lowest BCUT2D eigenvalue weighted by Gasteiger charge is -2.32. The molecule has 3 rings (SSSR count). The second kappa shape index (κ2) is 13.4. The number of halogens is 2. The van der Waals surface area contributed by atoms with E-state index >= 15 is 0 Å². The minimum atomic E-state index is -1.55. The molecule has 2 heterocycles. The van der Waals surface area contributed by atoms with Gasteiger partial charge >= 0.3 is 0 Å². The molecule has 0 spiro atoms. The second-order valence-electron chi connectivity index (χ2n) is 9.57. The molecule has 14 heteroatoms. The molecule has 0 radical (unpaired) electrons. The summed E-state index contributed by atoms with van der Waals surface area (Å²) in [6.45, 7) is 2.05. The highest BCUT2D eigenvalue weighted by molar-refractivity contribution is 6.32. The monoisotopic (exact) mass is 585 g/mol. The number of nitrogens with one attached hydrogen (secondary N) is 4. The molecular weight excluding hydrogens is 553 g/mol. The molecule has 5 amide bonds. The minimum Gasteiger partial charge on any atom is -0.394 e. The fraction of sp³-hybridized carbons (Fsp3) is 0.560. The maximum Gasteiger partial charge on any atom is 0.245 e. The van der Waals surface area contributed by atoms with Gasteiger partial charge in [0.15, 0.2) is 0 Å². The van der Waals surface area contributed by atoms with Crippen LogP contribution >= 0.6 is 23.2 Å². The highest BCUT2D eigenvalue weighted by Gasteiger charge is 2.48. The summed E-state index contributed by atoms with van der Waals surface area (Å²) in [5.74, 6) is -3.75. The van der Waals surface area contributed by atoms with Crippen LogP contribution in [0.2, 0.25) is 0 Å². The molecule has 1 aromatic carbocycles. The van der Waals surface area contributed by atoms with Crippen LogP contribution in [0.1, 0.15) is 38.3 Å². The van der Waals surface area contributed by atoms with Gasteiger partial charge in [0.05, 0.1) is 35.9 Å². The van der Waals surface area contributed by atoms with E-state index in [2.05, 4.69) is 21.3 Å². The lowest BCUT2D eigenvalue weighted by atomic mass is 10.0. The van der Waals surface area contributed by atoms with Gasteiger partial charge in [0, 0.05) is 6.54 Å². The SMILES string of the molecule is CCC1NC(=O)CC(c2ccccc2)NC(=O)C(CO)NC(=O)C(C(C)O)NC(=O)C2C(Cl)C(Cl)CN2C1=O. The third-order valence-electron chi connectivity index (χ3n) is 6.73. The summed E-state index contributed by atoms with van der Waals surface area (Å²) in [7, 11) is 0. The Morgan fingerprint density at radius 1 is 0.949 bits per heavy atom. The van der Waals surface area contributed by atoms with Crippen molar-refractivity contribution in [2.24, 2.45) is 0 Å². The number of hydrogen-bond donors (Lipinski definition) is 6. The Bertz CT molecular complexity index is 1080. The highest BCUT2D eigenvalue weighted by atomic mass is 35.5. The molecule has 0 saturated carbocycles. The Balaban J connectivity index is 2.02. The van der Waals surface area contributed by atoms with Crippen molar-refractivity contribution in [3.63, 3.8) is 0 Å². The molecule has 39 heavy (non-hydrogen) atoms. The Morgan fingerprint density at radius 3 is 2.21 bits per heavy atom. The standard InChI is InChI=1S/C25H33Cl2N5O7/c1-3-15-25(39)32-10-14(26)19(27)21(32)24(38)31-20(12(2)34)23(37)30-17(11-33)22(36)29-16(9-18(35)28-15)13-7-5-4-6-8-13/h4-8,12,14-17,19-21,33-34H,3,9-11H2,1-2H3,(H,28,35)(H,29,36)(H,30,37)(H,31,38). The largest absolute Gasteiger partial charge is 0.394 e. The zero-order chi connectivity index (χ0) is 28.9. The second-order valence-corrected chi connectivity index (χ2v) is 10.6. The van der Waals surface area contributed by atoms with E-state index in [0.29, 0.717) is 5.56 Å².